The summed E-state index contributed by atoms with van der Waals surface area (Å²) in [7, 11) is 0. The monoisotopic (exact) mass is 250 g/mol. The average Bonchev–Trinajstić information content (AvgIpc) is 2.36. The van der Waals surface area contributed by atoms with Crippen LogP contribution in [-0.2, 0) is 0 Å². The summed E-state index contributed by atoms with van der Waals surface area (Å²) in [5.74, 6) is 0.463. The predicted molar refractivity (Wildman–Crippen MR) is 72.0 cm³/mol. The van der Waals surface area contributed by atoms with Crippen molar-refractivity contribution in [3.63, 3.8) is 0 Å². The van der Waals surface area contributed by atoms with E-state index >= 15 is 0 Å². The first-order chi connectivity index (χ1) is 8.45. The maximum Gasteiger partial charge on any atom is 0.0700 e. The molecule has 3 nitrogen and oxygen atoms in total. The molecule has 1 N–H and O–H groups in total. The van der Waals surface area contributed by atoms with Crippen molar-refractivity contribution in [3.8, 4) is 6.07 Å². The Morgan fingerprint density at radius 1 is 1.39 bits per heavy atom. The van der Waals surface area contributed by atoms with Crippen LogP contribution in [0.5, 0.6) is 0 Å². The van der Waals surface area contributed by atoms with Crippen LogP contribution in [0.25, 0.3) is 0 Å². The number of piperidine rings is 1. The fraction of sp³-hybridized carbons (Fsp3) is 0.933. The van der Waals surface area contributed by atoms with E-state index in [1.165, 1.54) is 19.3 Å². The van der Waals surface area contributed by atoms with E-state index in [2.05, 4.69) is 11.0 Å². The Kier molecular flexibility index (Phi) is 3.99. The molecule has 102 valence electrons. The first-order valence-electron chi connectivity index (χ1n) is 7.31. The summed E-state index contributed by atoms with van der Waals surface area (Å²) in [6, 6.07) is 2.37. The molecule has 0 bridgehead atoms. The number of hydrogen-bond acceptors (Lipinski definition) is 3. The SMILES string of the molecule is CC(C)(C#N)CCN1CCC2(O)CCCCC2C1. The van der Waals surface area contributed by atoms with Crippen LogP contribution in [0.1, 0.15) is 52.4 Å². The van der Waals surface area contributed by atoms with Gasteiger partial charge in [0, 0.05) is 19.0 Å². The third-order valence-electron chi connectivity index (χ3n) is 4.87. The van der Waals surface area contributed by atoms with Crippen molar-refractivity contribution in [2.75, 3.05) is 19.6 Å². The van der Waals surface area contributed by atoms with E-state index in [9.17, 15) is 5.11 Å². The number of hydrogen-bond donors (Lipinski definition) is 1. The van der Waals surface area contributed by atoms with Crippen molar-refractivity contribution in [1.29, 1.82) is 5.26 Å². The lowest BCUT2D eigenvalue weighted by Crippen LogP contribution is -2.53. The van der Waals surface area contributed by atoms with Gasteiger partial charge in [0.2, 0.25) is 0 Å². The van der Waals surface area contributed by atoms with Crippen LogP contribution in [0, 0.1) is 22.7 Å². The molecule has 2 unspecified atom stereocenters. The Bertz CT molecular complexity index is 334. The molecule has 0 aromatic rings. The van der Waals surface area contributed by atoms with E-state index in [0.29, 0.717) is 5.92 Å². The smallest absolute Gasteiger partial charge is 0.0700 e. The minimum atomic E-state index is -0.375. The summed E-state index contributed by atoms with van der Waals surface area (Å²) < 4.78 is 0. The van der Waals surface area contributed by atoms with Crippen LogP contribution in [0.2, 0.25) is 0 Å². The highest BCUT2D eigenvalue weighted by molar-refractivity contribution is 4.97. The lowest BCUT2D eigenvalue weighted by Gasteiger charge is -2.47. The molecule has 0 amide bonds. The van der Waals surface area contributed by atoms with Crippen molar-refractivity contribution < 1.29 is 5.11 Å². The lowest BCUT2D eigenvalue weighted by molar-refractivity contribution is -0.0959. The number of nitriles is 1. The average molecular weight is 250 g/mol. The van der Waals surface area contributed by atoms with Gasteiger partial charge in [0.05, 0.1) is 17.1 Å². The summed E-state index contributed by atoms with van der Waals surface area (Å²) in [6.45, 7) is 7.03. The molecule has 2 aliphatic rings. The standard InChI is InChI=1S/C15H26N2O/c1-14(2,12-16)7-9-17-10-8-15(18)6-4-3-5-13(15)11-17/h13,18H,3-11H2,1-2H3. The van der Waals surface area contributed by atoms with Gasteiger partial charge in [0.15, 0.2) is 0 Å². The second-order valence-corrected chi connectivity index (χ2v) is 6.84. The lowest BCUT2D eigenvalue weighted by atomic mass is 9.71. The largest absolute Gasteiger partial charge is 0.390 e. The minimum Gasteiger partial charge on any atom is -0.390 e. The molecule has 0 aromatic heterocycles. The van der Waals surface area contributed by atoms with E-state index in [0.717, 1.165) is 38.9 Å². The molecule has 1 saturated heterocycles. The molecule has 3 heteroatoms. The molecule has 18 heavy (non-hydrogen) atoms. The number of likely N-dealkylation sites (tertiary alicyclic amines) is 1. The molecule has 0 spiro atoms. The normalized spacial score (nSPS) is 33.8. The molecule has 2 fully saturated rings. The fourth-order valence-corrected chi connectivity index (χ4v) is 3.34. The third-order valence-corrected chi connectivity index (χ3v) is 4.87. The molecular weight excluding hydrogens is 224 g/mol. The summed E-state index contributed by atoms with van der Waals surface area (Å²) in [5.41, 5.74) is -0.597. The Morgan fingerprint density at radius 2 is 2.17 bits per heavy atom. The second kappa shape index (κ2) is 5.19. The summed E-state index contributed by atoms with van der Waals surface area (Å²) in [4.78, 5) is 2.45. The van der Waals surface area contributed by atoms with Crippen LogP contribution in [-0.4, -0.2) is 35.2 Å². The fourth-order valence-electron chi connectivity index (χ4n) is 3.34. The molecule has 2 atom stereocenters. The van der Waals surface area contributed by atoms with Crippen LogP contribution < -0.4 is 0 Å². The first-order valence-corrected chi connectivity index (χ1v) is 7.31. The molecule has 0 aromatic carbocycles. The summed E-state index contributed by atoms with van der Waals surface area (Å²) in [5, 5.41) is 19.6. The highest BCUT2D eigenvalue weighted by atomic mass is 16.3. The number of aliphatic hydroxyl groups is 1. The number of rotatable bonds is 3. The van der Waals surface area contributed by atoms with Crippen LogP contribution in [0.4, 0.5) is 0 Å². The van der Waals surface area contributed by atoms with Gasteiger partial charge in [-0.2, -0.15) is 5.26 Å². The van der Waals surface area contributed by atoms with Crippen LogP contribution in [0.3, 0.4) is 0 Å². The zero-order chi connectivity index (χ0) is 13.2. The van der Waals surface area contributed by atoms with Gasteiger partial charge >= 0.3 is 0 Å². The quantitative estimate of drug-likeness (QED) is 0.837. The maximum atomic E-state index is 10.6. The van der Waals surface area contributed by atoms with Gasteiger partial charge in [-0.15, -0.1) is 0 Å². The predicted octanol–water partition coefficient (Wildman–Crippen LogP) is 2.55. The molecule has 1 heterocycles. The molecule has 1 saturated carbocycles. The van der Waals surface area contributed by atoms with Crippen molar-refractivity contribution in [1.82, 2.24) is 4.90 Å². The van der Waals surface area contributed by atoms with Gasteiger partial charge in [-0.1, -0.05) is 12.8 Å². The van der Waals surface area contributed by atoms with E-state index < -0.39 is 0 Å². The number of fused-ring (bicyclic) bond motifs is 1. The van der Waals surface area contributed by atoms with Gasteiger partial charge in [-0.3, -0.25) is 0 Å². The van der Waals surface area contributed by atoms with Crippen molar-refractivity contribution in [2.45, 2.75) is 58.0 Å². The van der Waals surface area contributed by atoms with Crippen molar-refractivity contribution in [2.24, 2.45) is 11.3 Å². The van der Waals surface area contributed by atoms with Gasteiger partial charge in [-0.05, 0) is 46.1 Å². The Labute approximate surface area is 111 Å². The van der Waals surface area contributed by atoms with E-state index in [-0.39, 0.29) is 11.0 Å². The van der Waals surface area contributed by atoms with Crippen molar-refractivity contribution >= 4 is 0 Å². The van der Waals surface area contributed by atoms with Crippen LogP contribution in [0.15, 0.2) is 0 Å². The summed E-state index contributed by atoms with van der Waals surface area (Å²) >= 11 is 0. The number of nitrogens with zero attached hydrogens (tertiary/aromatic N) is 2. The Morgan fingerprint density at radius 3 is 2.89 bits per heavy atom. The zero-order valence-electron chi connectivity index (χ0n) is 11.8. The van der Waals surface area contributed by atoms with Crippen molar-refractivity contribution in [3.05, 3.63) is 0 Å². The van der Waals surface area contributed by atoms with Crippen LogP contribution >= 0.6 is 0 Å². The Hall–Kier alpha value is -0.590. The van der Waals surface area contributed by atoms with Gasteiger partial charge in [0.1, 0.15) is 0 Å². The van der Waals surface area contributed by atoms with Gasteiger partial charge in [-0.25, -0.2) is 0 Å². The Balaban J connectivity index is 1.86. The van der Waals surface area contributed by atoms with E-state index in [1.807, 2.05) is 13.8 Å². The summed E-state index contributed by atoms with van der Waals surface area (Å²) in [6.07, 6.45) is 6.47. The second-order valence-electron chi connectivity index (χ2n) is 6.84. The highest BCUT2D eigenvalue weighted by Gasteiger charge is 2.42. The minimum absolute atomic E-state index is 0.222. The molecule has 1 aliphatic heterocycles. The zero-order valence-corrected chi connectivity index (χ0v) is 11.8. The molecule has 0 radical (unpaired) electrons. The van der Waals surface area contributed by atoms with E-state index in [1.54, 1.807) is 0 Å². The third kappa shape index (κ3) is 3.05. The van der Waals surface area contributed by atoms with Gasteiger partial charge < -0.3 is 10.0 Å². The topological polar surface area (TPSA) is 47.3 Å². The van der Waals surface area contributed by atoms with Gasteiger partial charge in [0.25, 0.3) is 0 Å². The maximum absolute atomic E-state index is 10.6. The highest BCUT2D eigenvalue weighted by Crippen LogP contribution is 2.39. The van der Waals surface area contributed by atoms with E-state index in [4.69, 9.17) is 5.26 Å². The first kappa shape index (κ1) is 13.8. The molecule has 2 rings (SSSR count). The molecule has 1 aliphatic carbocycles. The molecular formula is C15H26N2O.